The fourth-order valence-corrected chi connectivity index (χ4v) is 3.18. The van der Waals surface area contributed by atoms with Crippen molar-refractivity contribution in [2.24, 2.45) is 5.41 Å². The Labute approximate surface area is 98.2 Å². The summed E-state index contributed by atoms with van der Waals surface area (Å²) in [5, 5.41) is 7.88. The van der Waals surface area contributed by atoms with Crippen LogP contribution in [0.1, 0.15) is 51.3 Å². The standard InChI is InChI=1S/C13H23N3/c1-4-16-11(7-10-15-16)12(14-3)13(2)8-5-6-9-13/h7,10,12,14H,4-6,8-9H2,1-3H3. The van der Waals surface area contributed by atoms with Crippen molar-refractivity contribution in [3.63, 3.8) is 0 Å². The van der Waals surface area contributed by atoms with E-state index in [-0.39, 0.29) is 0 Å². The van der Waals surface area contributed by atoms with Crippen LogP contribution < -0.4 is 5.32 Å². The molecule has 1 unspecified atom stereocenters. The molecule has 3 nitrogen and oxygen atoms in total. The Morgan fingerprint density at radius 2 is 2.19 bits per heavy atom. The summed E-state index contributed by atoms with van der Waals surface area (Å²) in [5.74, 6) is 0. The van der Waals surface area contributed by atoms with Gasteiger partial charge in [-0.25, -0.2) is 0 Å². The Hall–Kier alpha value is -0.830. The molecule has 0 amide bonds. The maximum atomic E-state index is 4.38. The second kappa shape index (κ2) is 4.58. The second-order valence-electron chi connectivity index (χ2n) is 5.15. The molecule has 1 aromatic heterocycles. The Morgan fingerprint density at radius 1 is 1.50 bits per heavy atom. The maximum Gasteiger partial charge on any atom is 0.0558 e. The van der Waals surface area contributed by atoms with E-state index in [9.17, 15) is 0 Å². The van der Waals surface area contributed by atoms with Crippen LogP contribution in [0.15, 0.2) is 12.3 Å². The molecule has 1 atom stereocenters. The number of rotatable bonds is 4. The fraction of sp³-hybridized carbons (Fsp3) is 0.769. The Kier molecular flexibility index (Phi) is 3.33. The van der Waals surface area contributed by atoms with E-state index in [0.29, 0.717) is 11.5 Å². The highest BCUT2D eigenvalue weighted by molar-refractivity contribution is 5.12. The zero-order valence-corrected chi connectivity index (χ0v) is 10.7. The smallest absolute Gasteiger partial charge is 0.0558 e. The average Bonchev–Trinajstić information content (AvgIpc) is 2.89. The first-order valence-electron chi connectivity index (χ1n) is 6.40. The van der Waals surface area contributed by atoms with E-state index < -0.39 is 0 Å². The zero-order chi connectivity index (χ0) is 11.6. The minimum Gasteiger partial charge on any atom is -0.311 e. The number of nitrogens with one attached hydrogen (secondary N) is 1. The van der Waals surface area contributed by atoms with Crippen molar-refractivity contribution in [3.8, 4) is 0 Å². The van der Waals surface area contributed by atoms with E-state index >= 15 is 0 Å². The molecule has 1 fully saturated rings. The normalized spacial score (nSPS) is 21.2. The highest BCUT2D eigenvalue weighted by atomic mass is 15.3. The summed E-state index contributed by atoms with van der Waals surface area (Å²) in [6, 6.07) is 2.60. The van der Waals surface area contributed by atoms with Crippen LogP contribution in [-0.4, -0.2) is 16.8 Å². The molecule has 0 aromatic carbocycles. The second-order valence-corrected chi connectivity index (χ2v) is 5.15. The third kappa shape index (κ3) is 1.88. The van der Waals surface area contributed by atoms with E-state index in [4.69, 9.17) is 0 Å². The first-order valence-corrected chi connectivity index (χ1v) is 6.40. The molecular weight excluding hydrogens is 198 g/mol. The minimum absolute atomic E-state index is 0.404. The van der Waals surface area contributed by atoms with Crippen LogP contribution in [0.5, 0.6) is 0 Å². The first-order chi connectivity index (χ1) is 7.71. The van der Waals surface area contributed by atoms with Crippen LogP contribution in [0.4, 0.5) is 0 Å². The molecule has 1 aromatic rings. The minimum atomic E-state index is 0.404. The van der Waals surface area contributed by atoms with Crippen molar-refractivity contribution >= 4 is 0 Å². The average molecular weight is 221 g/mol. The summed E-state index contributed by atoms with van der Waals surface area (Å²) >= 11 is 0. The summed E-state index contributed by atoms with van der Waals surface area (Å²) in [6.45, 7) is 5.52. The lowest BCUT2D eigenvalue weighted by Gasteiger charge is -2.34. The number of aromatic nitrogens is 2. The molecule has 2 rings (SSSR count). The summed E-state index contributed by atoms with van der Waals surface area (Å²) in [4.78, 5) is 0. The highest BCUT2D eigenvalue weighted by Crippen LogP contribution is 2.46. The van der Waals surface area contributed by atoms with Crippen molar-refractivity contribution < 1.29 is 0 Å². The van der Waals surface area contributed by atoms with Gasteiger partial charge in [-0.05, 0) is 38.3 Å². The molecular formula is C13H23N3. The largest absolute Gasteiger partial charge is 0.311 e. The van der Waals surface area contributed by atoms with Crippen molar-refractivity contribution in [1.82, 2.24) is 15.1 Å². The van der Waals surface area contributed by atoms with Crippen molar-refractivity contribution in [2.75, 3.05) is 7.05 Å². The van der Waals surface area contributed by atoms with Gasteiger partial charge in [-0.1, -0.05) is 19.8 Å². The van der Waals surface area contributed by atoms with Gasteiger partial charge in [-0.3, -0.25) is 4.68 Å². The first kappa shape index (κ1) is 11.6. The summed E-state index contributed by atoms with van der Waals surface area (Å²) in [7, 11) is 2.07. The lowest BCUT2D eigenvalue weighted by atomic mass is 9.79. The van der Waals surface area contributed by atoms with Crippen LogP contribution in [0.3, 0.4) is 0 Å². The van der Waals surface area contributed by atoms with Crippen molar-refractivity contribution in [1.29, 1.82) is 0 Å². The molecule has 3 heteroatoms. The fourth-order valence-electron chi connectivity index (χ4n) is 3.18. The Bertz CT molecular complexity index is 337. The summed E-state index contributed by atoms with van der Waals surface area (Å²) in [5.41, 5.74) is 1.75. The zero-order valence-electron chi connectivity index (χ0n) is 10.7. The van der Waals surface area contributed by atoms with E-state index in [2.05, 4.69) is 42.1 Å². The molecule has 16 heavy (non-hydrogen) atoms. The van der Waals surface area contributed by atoms with Crippen LogP contribution in [0, 0.1) is 5.41 Å². The van der Waals surface area contributed by atoms with E-state index in [1.54, 1.807) is 0 Å². The summed E-state index contributed by atoms with van der Waals surface area (Å²) < 4.78 is 2.12. The third-order valence-corrected chi connectivity index (χ3v) is 4.08. The van der Waals surface area contributed by atoms with Gasteiger partial charge in [0.05, 0.1) is 11.7 Å². The van der Waals surface area contributed by atoms with Crippen LogP contribution >= 0.6 is 0 Å². The molecule has 0 saturated heterocycles. The highest BCUT2D eigenvalue weighted by Gasteiger charge is 2.38. The molecule has 1 aliphatic rings. The van der Waals surface area contributed by atoms with Gasteiger partial charge in [0.15, 0.2) is 0 Å². The molecule has 1 N–H and O–H groups in total. The lowest BCUT2D eigenvalue weighted by Crippen LogP contribution is -2.34. The van der Waals surface area contributed by atoms with Gasteiger partial charge in [0.25, 0.3) is 0 Å². The van der Waals surface area contributed by atoms with Gasteiger partial charge in [0, 0.05) is 12.7 Å². The molecule has 0 bridgehead atoms. The van der Waals surface area contributed by atoms with Gasteiger partial charge in [-0.2, -0.15) is 5.10 Å². The number of aryl methyl sites for hydroxylation is 1. The molecule has 1 heterocycles. The Balaban J connectivity index is 2.28. The molecule has 1 saturated carbocycles. The maximum absolute atomic E-state index is 4.38. The van der Waals surface area contributed by atoms with Gasteiger partial charge in [0.2, 0.25) is 0 Å². The molecule has 0 aliphatic heterocycles. The van der Waals surface area contributed by atoms with E-state index in [1.807, 2.05) is 6.20 Å². The predicted molar refractivity (Wildman–Crippen MR) is 66.3 cm³/mol. The Morgan fingerprint density at radius 3 is 2.75 bits per heavy atom. The molecule has 1 aliphatic carbocycles. The predicted octanol–water partition coefficient (Wildman–Crippen LogP) is 2.74. The van der Waals surface area contributed by atoms with Crippen molar-refractivity contribution in [2.45, 2.75) is 52.1 Å². The van der Waals surface area contributed by atoms with Gasteiger partial charge < -0.3 is 5.32 Å². The van der Waals surface area contributed by atoms with Crippen molar-refractivity contribution in [3.05, 3.63) is 18.0 Å². The quantitative estimate of drug-likeness (QED) is 0.847. The van der Waals surface area contributed by atoms with Gasteiger partial charge >= 0.3 is 0 Å². The summed E-state index contributed by atoms with van der Waals surface area (Å²) in [6.07, 6.45) is 7.31. The molecule has 90 valence electrons. The third-order valence-electron chi connectivity index (χ3n) is 4.08. The van der Waals surface area contributed by atoms with Crippen LogP contribution in [0.2, 0.25) is 0 Å². The number of hydrogen-bond acceptors (Lipinski definition) is 2. The monoisotopic (exact) mass is 221 g/mol. The molecule has 0 spiro atoms. The SMILES string of the molecule is CCn1nccc1C(NC)C1(C)CCCC1. The van der Waals surface area contributed by atoms with E-state index in [1.165, 1.54) is 31.4 Å². The van der Waals surface area contributed by atoms with Gasteiger partial charge in [-0.15, -0.1) is 0 Å². The number of hydrogen-bond donors (Lipinski definition) is 1. The van der Waals surface area contributed by atoms with Gasteiger partial charge in [0.1, 0.15) is 0 Å². The molecule has 0 radical (unpaired) electrons. The number of nitrogens with zero attached hydrogens (tertiary/aromatic N) is 2. The lowest BCUT2D eigenvalue weighted by molar-refractivity contribution is 0.223. The topological polar surface area (TPSA) is 29.9 Å². The van der Waals surface area contributed by atoms with Crippen LogP contribution in [0.25, 0.3) is 0 Å². The van der Waals surface area contributed by atoms with Crippen LogP contribution in [-0.2, 0) is 6.54 Å². The van der Waals surface area contributed by atoms with E-state index in [0.717, 1.165) is 6.54 Å².